The second-order valence-electron chi connectivity index (χ2n) is 5.57. The topological polar surface area (TPSA) is 14.2 Å². The van der Waals surface area contributed by atoms with Gasteiger partial charge in [0.2, 0.25) is 0 Å². The highest BCUT2D eigenvalue weighted by atomic mass is 16.5. The first-order valence-electron chi connectivity index (χ1n) is 7.64. The van der Waals surface area contributed by atoms with E-state index in [1.807, 2.05) is 6.08 Å². The Balaban J connectivity index is 2.07. The van der Waals surface area contributed by atoms with Gasteiger partial charge in [0, 0.05) is 18.9 Å². The maximum absolute atomic E-state index is 5.81. The van der Waals surface area contributed by atoms with Crippen LogP contribution in [0.1, 0.15) is 42.1 Å². The van der Waals surface area contributed by atoms with E-state index in [0.717, 1.165) is 37.3 Å². The van der Waals surface area contributed by atoms with Gasteiger partial charge in [0.25, 0.3) is 0 Å². The Morgan fingerprint density at radius 1 is 1.24 bits per heavy atom. The number of aryl methyl sites for hydroxylation is 2. The molecule has 112 valence electrons. The highest BCUT2D eigenvalue weighted by Crippen LogP contribution is 2.22. The maximum Gasteiger partial charge on any atom is 0.122 e. The zero-order chi connectivity index (χ0) is 15.2. The minimum Gasteiger partial charge on any atom is -0.493 e. The molecule has 0 aliphatic carbocycles. The Kier molecular flexibility index (Phi) is 5.26. The van der Waals surface area contributed by atoms with Crippen LogP contribution in [0.3, 0.4) is 0 Å². The molecule has 0 fully saturated rings. The molecule has 2 rings (SSSR count). The van der Waals surface area contributed by atoms with Gasteiger partial charge in [-0.05, 0) is 54.7 Å². The number of hydrogen-bond acceptors (Lipinski definition) is 1. The Morgan fingerprint density at radius 3 is 2.67 bits per heavy atom. The highest BCUT2D eigenvalue weighted by Gasteiger charge is 2.05. The third kappa shape index (κ3) is 4.01. The molecule has 1 aromatic heterocycles. The lowest BCUT2D eigenvalue weighted by Crippen LogP contribution is -1.99. The number of benzene rings is 1. The van der Waals surface area contributed by atoms with Crippen LogP contribution in [0, 0.1) is 6.92 Å². The van der Waals surface area contributed by atoms with Gasteiger partial charge in [-0.3, -0.25) is 0 Å². The summed E-state index contributed by atoms with van der Waals surface area (Å²) in [6.45, 7) is 8.93. The fourth-order valence-corrected chi connectivity index (χ4v) is 2.50. The van der Waals surface area contributed by atoms with E-state index >= 15 is 0 Å². The van der Waals surface area contributed by atoms with Gasteiger partial charge in [-0.1, -0.05) is 32.1 Å². The largest absolute Gasteiger partial charge is 0.493 e. The average molecular weight is 283 g/mol. The molecule has 0 aliphatic rings. The van der Waals surface area contributed by atoms with Crippen molar-refractivity contribution in [2.24, 2.45) is 7.05 Å². The lowest BCUT2D eigenvalue weighted by atomic mass is 10.0. The summed E-state index contributed by atoms with van der Waals surface area (Å²) < 4.78 is 7.91. The molecular formula is C19H25NO. The molecule has 0 saturated carbocycles. The Hall–Kier alpha value is -1.96. The first-order valence-corrected chi connectivity index (χ1v) is 7.64. The molecule has 0 saturated heterocycles. The van der Waals surface area contributed by atoms with E-state index in [-0.39, 0.29) is 0 Å². The summed E-state index contributed by atoms with van der Waals surface area (Å²) in [5.74, 6) is 1.01. The summed E-state index contributed by atoms with van der Waals surface area (Å²) in [5.41, 5.74) is 4.99. The van der Waals surface area contributed by atoms with Crippen LogP contribution in [0.15, 0.2) is 37.0 Å². The van der Waals surface area contributed by atoms with Crippen molar-refractivity contribution >= 4 is 6.08 Å². The number of rotatable bonds is 7. The highest BCUT2D eigenvalue weighted by molar-refractivity contribution is 5.46. The van der Waals surface area contributed by atoms with E-state index < -0.39 is 0 Å². The van der Waals surface area contributed by atoms with Crippen molar-refractivity contribution in [2.75, 3.05) is 6.61 Å². The molecule has 0 amide bonds. The number of nitrogens with zero attached hydrogens (tertiary/aromatic N) is 1. The fraction of sp³-hybridized carbons (Fsp3) is 0.368. The standard InChI is InChI=1S/C19H25NO/c1-5-7-10-21-19-9-8-16(11-15(19)3)12-17-13-18(6-2)20(4)14-17/h6,8-9,11,13-14H,2,5,7,10,12H2,1,3-4H3. The molecule has 0 unspecified atom stereocenters. The van der Waals surface area contributed by atoms with Crippen LogP contribution in [-0.4, -0.2) is 11.2 Å². The van der Waals surface area contributed by atoms with E-state index in [9.17, 15) is 0 Å². The molecule has 0 aliphatic heterocycles. The first-order chi connectivity index (χ1) is 10.1. The summed E-state index contributed by atoms with van der Waals surface area (Å²) in [7, 11) is 2.05. The van der Waals surface area contributed by atoms with Crippen molar-refractivity contribution in [2.45, 2.75) is 33.1 Å². The lowest BCUT2D eigenvalue weighted by Gasteiger charge is -2.10. The van der Waals surface area contributed by atoms with Crippen molar-refractivity contribution in [3.05, 3.63) is 59.4 Å². The average Bonchev–Trinajstić information content (AvgIpc) is 2.81. The Bertz CT molecular complexity index is 610. The third-order valence-corrected chi connectivity index (χ3v) is 3.71. The molecule has 0 radical (unpaired) electrons. The van der Waals surface area contributed by atoms with Crippen LogP contribution >= 0.6 is 0 Å². The van der Waals surface area contributed by atoms with Crippen LogP contribution in [0.4, 0.5) is 0 Å². The summed E-state index contributed by atoms with van der Waals surface area (Å²) in [6, 6.07) is 8.67. The third-order valence-electron chi connectivity index (χ3n) is 3.71. The number of aromatic nitrogens is 1. The van der Waals surface area contributed by atoms with Gasteiger partial charge < -0.3 is 9.30 Å². The van der Waals surface area contributed by atoms with E-state index in [4.69, 9.17) is 4.74 Å². The smallest absolute Gasteiger partial charge is 0.122 e. The molecular weight excluding hydrogens is 258 g/mol. The molecule has 2 aromatic rings. The molecule has 1 aromatic carbocycles. The second-order valence-corrected chi connectivity index (χ2v) is 5.57. The van der Waals surface area contributed by atoms with Crippen molar-refractivity contribution in [3.8, 4) is 5.75 Å². The molecule has 0 bridgehead atoms. The summed E-state index contributed by atoms with van der Waals surface area (Å²) in [4.78, 5) is 0. The molecule has 2 heteroatoms. The zero-order valence-electron chi connectivity index (χ0n) is 13.4. The number of hydrogen-bond donors (Lipinski definition) is 0. The zero-order valence-corrected chi connectivity index (χ0v) is 13.4. The monoisotopic (exact) mass is 283 g/mol. The van der Waals surface area contributed by atoms with Gasteiger partial charge in [-0.15, -0.1) is 0 Å². The maximum atomic E-state index is 5.81. The first kappa shape index (κ1) is 15.4. The van der Waals surface area contributed by atoms with Crippen LogP contribution in [-0.2, 0) is 13.5 Å². The van der Waals surface area contributed by atoms with Gasteiger partial charge in [-0.25, -0.2) is 0 Å². The molecule has 2 nitrogen and oxygen atoms in total. The Morgan fingerprint density at radius 2 is 2.05 bits per heavy atom. The van der Waals surface area contributed by atoms with Crippen LogP contribution in [0.2, 0.25) is 0 Å². The predicted molar refractivity (Wildman–Crippen MR) is 89.9 cm³/mol. The van der Waals surface area contributed by atoms with E-state index in [1.165, 1.54) is 16.7 Å². The molecule has 0 spiro atoms. The lowest BCUT2D eigenvalue weighted by molar-refractivity contribution is 0.307. The predicted octanol–water partition coefficient (Wildman–Crippen LogP) is 4.75. The SMILES string of the molecule is C=Cc1cc(Cc2ccc(OCCCC)c(C)c2)cn1C. The number of ether oxygens (including phenoxy) is 1. The summed E-state index contributed by atoms with van der Waals surface area (Å²) in [6.07, 6.45) is 7.27. The molecule has 21 heavy (non-hydrogen) atoms. The van der Waals surface area contributed by atoms with E-state index in [1.54, 1.807) is 0 Å². The van der Waals surface area contributed by atoms with Crippen molar-refractivity contribution < 1.29 is 4.74 Å². The number of unbranched alkanes of at least 4 members (excludes halogenated alkanes) is 1. The van der Waals surface area contributed by atoms with Crippen LogP contribution in [0.25, 0.3) is 6.08 Å². The molecule has 0 atom stereocenters. The summed E-state index contributed by atoms with van der Waals surface area (Å²) >= 11 is 0. The quantitative estimate of drug-likeness (QED) is 0.669. The van der Waals surface area contributed by atoms with Crippen LogP contribution in [0.5, 0.6) is 5.75 Å². The minimum absolute atomic E-state index is 0.804. The van der Waals surface area contributed by atoms with Crippen molar-refractivity contribution in [1.29, 1.82) is 0 Å². The summed E-state index contributed by atoms with van der Waals surface area (Å²) in [5, 5.41) is 0. The van der Waals surface area contributed by atoms with E-state index in [0.29, 0.717) is 0 Å². The second kappa shape index (κ2) is 7.16. The normalized spacial score (nSPS) is 10.6. The molecule has 0 N–H and O–H groups in total. The van der Waals surface area contributed by atoms with E-state index in [2.05, 4.69) is 62.5 Å². The molecule has 1 heterocycles. The van der Waals surface area contributed by atoms with Crippen molar-refractivity contribution in [1.82, 2.24) is 4.57 Å². The Labute approximate surface area is 128 Å². The van der Waals surface area contributed by atoms with Crippen LogP contribution < -0.4 is 4.74 Å². The minimum atomic E-state index is 0.804. The van der Waals surface area contributed by atoms with Gasteiger partial charge in [0.15, 0.2) is 0 Å². The van der Waals surface area contributed by atoms with Gasteiger partial charge in [0.05, 0.1) is 6.61 Å². The van der Waals surface area contributed by atoms with Gasteiger partial charge >= 0.3 is 0 Å². The fourth-order valence-electron chi connectivity index (χ4n) is 2.50. The van der Waals surface area contributed by atoms with Gasteiger partial charge in [0.1, 0.15) is 5.75 Å². The van der Waals surface area contributed by atoms with Crippen molar-refractivity contribution in [3.63, 3.8) is 0 Å². The van der Waals surface area contributed by atoms with Gasteiger partial charge in [-0.2, -0.15) is 0 Å².